The van der Waals surface area contributed by atoms with Crippen molar-refractivity contribution in [3.63, 3.8) is 0 Å². The molecular weight excluding hydrogens is 192 g/mol. The lowest BCUT2D eigenvalue weighted by atomic mass is 10.0. The molecule has 0 radical (unpaired) electrons. The minimum Gasteiger partial charge on any atom is -0.381 e. The van der Waals surface area contributed by atoms with Gasteiger partial charge >= 0.3 is 0 Å². The van der Waals surface area contributed by atoms with E-state index in [1.165, 1.54) is 0 Å². The van der Waals surface area contributed by atoms with Crippen molar-refractivity contribution in [3.8, 4) is 0 Å². The second kappa shape index (κ2) is 5.47. The van der Waals surface area contributed by atoms with Crippen LogP contribution in [-0.4, -0.2) is 50.2 Å². The summed E-state index contributed by atoms with van der Waals surface area (Å²) in [6.45, 7) is 5.37. The predicted molar refractivity (Wildman–Crippen MR) is 57.6 cm³/mol. The van der Waals surface area contributed by atoms with Gasteiger partial charge in [-0.25, -0.2) is 0 Å². The summed E-state index contributed by atoms with van der Waals surface area (Å²) in [4.78, 5) is 13.8. The molecule has 2 aliphatic heterocycles. The van der Waals surface area contributed by atoms with Crippen LogP contribution in [0.3, 0.4) is 0 Å². The van der Waals surface area contributed by atoms with Crippen LogP contribution in [0.5, 0.6) is 0 Å². The first-order chi connectivity index (χ1) is 7.36. The Morgan fingerprint density at radius 3 is 2.87 bits per heavy atom. The highest BCUT2D eigenvalue weighted by Crippen LogP contribution is 2.18. The number of carbonyl (C=O) groups is 1. The lowest BCUT2D eigenvalue weighted by Gasteiger charge is -2.27. The summed E-state index contributed by atoms with van der Waals surface area (Å²) in [5, 5.41) is 3.25. The molecule has 2 heterocycles. The standard InChI is InChI=1S/C11H20N2O2/c14-11(13-6-4-12-5-7-13)2-1-10-3-8-15-9-10/h10,12H,1-9H2. The first-order valence-corrected chi connectivity index (χ1v) is 5.92. The van der Waals surface area contributed by atoms with Gasteiger partial charge in [0.05, 0.1) is 0 Å². The van der Waals surface area contributed by atoms with Crippen LogP contribution in [-0.2, 0) is 9.53 Å². The Morgan fingerprint density at radius 2 is 2.20 bits per heavy atom. The quantitative estimate of drug-likeness (QED) is 0.728. The van der Waals surface area contributed by atoms with Gasteiger partial charge in [-0.05, 0) is 18.8 Å². The van der Waals surface area contributed by atoms with Crippen LogP contribution in [0.15, 0.2) is 0 Å². The smallest absolute Gasteiger partial charge is 0.222 e. The first kappa shape index (κ1) is 10.9. The van der Waals surface area contributed by atoms with Gasteiger partial charge in [-0.2, -0.15) is 0 Å². The van der Waals surface area contributed by atoms with Crippen molar-refractivity contribution in [1.82, 2.24) is 10.2 Å². The van der Waals surface area contributed by atoms with Crippen LogP contribution in [0.2, 0.25) is 0 Å². The SMILES string of the molecule is O=C(CCC1CCOC1)N1CCNCC1. The maximum Gasteiger partial charge on any atom is 0.222 e. The Balaban J connectivity index is 1.66. The molecule has 2 rings (SSSR count). The zero-order valence-corrected chi connectivity index (χ0v) is 9.21. The lowest BCUT2D eigenvalue weighted by molar-refractivity contribution is -0.132. The minimum absolute atomic E-state index is 0.323. The highest BCUT2D eigenvalue weighted by atomic mass is 16.5. The number of carbonyl (C=O) groups excluding carboxylic acids is 1. The molecule has 2 aliphatic rings. The monoisotopic (exact) mass is 212 g/mol. The summed E-state index contributed by atoms with van der Waals surface area (Å²) < 4.78 is 5.30. The zero-order chi connectivity index (χ0) is 10.5. The number of nitrogens with zero attached hydrogens (tertiary/aromatic N) is 1. The third kappa shape index (κ3) is 3.18. The maximum atomic E-state index is 11.8. The average Bonchev–Trinajstić information content (AvgIpc) is 2.80. The van der Waals surface area contributed by atoms with Gasteiger partial charge in [-0.3, -0.25) is 4.79 Å². The van der Waals surface area contributed by atoms with E-state index in [1.807, 2.05) is 4.90 Å². The molecule has 15 heavy (non-hydrogen) atoms. The number of nitrogens with one attached hydrogen (secondary N) is 1. The second-order valence-electron chi connectivity index (χ2n) is 4.40. The Bertz CT molecular complexity index is 209. The molecule has 2 fully saturated rings. The van der Waals surface area contributed by atoms with Crippen molar-refractivity contribution in [3.05, 3.63) is 0 Å². The number of rotatable bonds is 3. The highest BCUT2D eigenvalue weighted by molar-refractivity contribution is 5.76. The molecule has 0 spiro atoms. The van der Waals surface area contributed by atoms with Crippen molar-refractivity contribution in [2.75, 3.05) is 39.4 Å². The fraction of sp³-hybridized carbons (Fsp3) is 0.909. The topological polar surface area (TPSA) is 41.6 Å². The summed E-state index contributed by atoms with van der Waals surface area (Å²) in [7, 11) is 0. The Morgan fingerprint density at radius 1 is 1.40 bits per heavy atom. The van der Waals surface area contributed by atoms with Gasteiger partial charge in [0, 0.05) is 45.8 Å². The van der Waals surface area contributed by atoms with Crippen molar-refractivity contribution in [1.29, 1.82) is 0 Å². The molecule has 4 heteroatoms. The highest BCUT2D eigenvalue weighted by Gasteiger charge is 2.20. The van der Waals surface area contributed by atoms with E-state index in [0.29, 0.717) is 18.2 Å². The van der Waals surface area contributed by atoms with Gasteiger partial charge in [0.2, 0.25) is 5.91 Å². The van der Waals surface area contributed by atoms with E-state index in [2.05, 4.69) is 5.32 Å². The molecule has 86 valence electrons. The van der Waals surface area contributed by atoms with Crippen molar-refractivity contribution in [2.45, 2.75) is 19.3 Å². The van der Waals surface area contributed by atoms with Gasteiger partial charge in [0.1, 0.15) is 0 Å². The Labute approximate surface area is 91.0 Å². The summed E-state index contributed by atoms with van der Waals surface area (Å²) in [5.41, 5.74) is 0. The summed E-state index contributed by atoms with van der Waals surface area (Å²) in [6, 6.07) is 0. The van der Waals surface area contributed by atoms with Gasteiger partial charge in [0.25, 0.3) is 0 Å². The number of hydrogen-bond acceptors (Lipinski definition) is 3. The third-order valence-electron chi connectivity index (χ3n) is 3.26. The van der Waals surface area contributed by atoms with E-state index in [9.17, 15) is 4.79 Å². The van der Waals surface area contributed by atoms with E-state index in [-0.39, 0.29) is 0 Å². The van der Waals surface area contributed by atoms with E-state index in [1.54, 1.807) is 0 Å². The number of hydrogen-bond donors (Lipinski definition) is 1. The van der Waals surface area contributed by atoms with Crippen LogP contribution in [0, 0.1) is 5.92 Å². The normalized spacial score (nSPS) is 26.9. The van der Waals surface area contributed by atoms with E-state index >= 15 is 0 Å². The van der Waals surface area contributed by atoms with E-state index in [4.69, 9.17) is 4.74 Å². The predicted octanol–water partition coefficient (Wildman–Crippen LogP) is 0.235. The third-order valence-corrected chi connectivity index (χ3v) is 3.26. The molecule has 0 aromatic heterocycles. The van der Waals surface area contributed by atoms with E-state index in [0.717, 1.165) is 52.2 Å². The molecule has 0 bridgehead atoms. The van der Waals surface area contributed by atoms with Crippen LogP contribution in [0.1, 0.15) is 19.3 Å². The maximum absolute atomic E-state index is 11.8. The Hall–Kier alpha value is -0.610. The summed E-state index contributed by atoms with van der Waals surface area (Å²) in [5.74, 6) is 0.945. The fourth-order valence-electron chi connectivity index (χ4n) is 2.21. The zero-order valence-electron chi connectivity index (χ0n) is 9.21. The second-order valence-corrected chi connectivity index (χ2v) is 4.40. The summed E-state index contributed by atoms with van der Waals surface area (Å²) >= 11 is 0. The molecule has 1 amide bonds. The van der Waals surface area contributed by atoms with Crippen LogP contribution < -0.4 is 5.32 Å². The number of piperazine rings is 1. The molecular formula is C11H20N2O2. The van der Waals surface area contributed by atoms with Gasteiger partial charge in [-0.1, -0.05) is 0 Å². The molecule has 0 saturated carbocycles. The average molecular weight is 212 g/mol. The first-order valence-electron chi connectivity index (χ1n) is 5.92. The molecule has 1 unspecified atom stereocenters. The molecule has 2 saturated heterocycles. The largest absolute Gasteiger partial charge is 0.381 e. The fourth-order valence-corrected chi connectivity index (χ4v) is 2.21. The van der Waals surface area contributed by atoms with Crippen LogP contribution in [0.4, 0.5) is 0 Å². The Kier molecular flexibility index (Phi) is 3.97. The van der Waals surface area contributed by atoms with E-state index < -0.39 is 0 Å². The van der Waals surface area contributed by atoms with Crippen molar-refractivity contribution < 1.29 is 9.53 Å². The van der Waals surface area contributed by atoms with Gasteiger partial charge in [0.15, 0.2) is 0 Å². The molecule has 0 aromatic carbocycles. The summed E-state index contributed by atoms with van der Waals surface area (Å²) in [6.07, 6.45) is 2.84. The molecule has 1 atom stereocenters. The molecule has 1 N–H and O–H groups in total. The number of ether oxygens (including phenoxy) is 1. The molecule has 4 nitrogen and oxygen atoms in total. The number of amides is 1. The lowest BCUT2D eigenvalue weighted by Crippen LogP contribution is -2.46. The van der Waals surface area contributed by atoms with Crippen LogP contribution in [0.25, 0.3) is 0 Å². The van der Waals surface area contributed by atoms with Crippen LogP contribution >= 0.6 is 0 Å². The van der Waals surface area contributed by atoms with Gasteiger partial charge in [-0.15, -0.1) is 0 Å². The van der Waals surface area contributed by atoms with Crippen molar-refractivity contribution >= 4 is 5.91 Å². The minimum atomic E-state index is 0.323. The van der Waals surface area contributed by atoms with Crippen molar-refractivity contribution in [2.24, 2.45) is 5.92 Å². The molecule has 0 aromatic rings. The van der Waals surface area contributed by atoms with Gasteiger partial charge < -0.3 is 15.0 Å². The molecule has 0 aliphatic carbocycles.